The molecule has 7 heteroatoms. The maximum atomic E-state index is 12.5. The van der Waals surface area contributed by atoms with Crippen molar-refractivity contribution in [1.82, 2.24) is 10.2 Å². The molecule has 0 unspecified atom stereocenters. The van der Waals surface area contributed by atoms with E-state index in [2.05, 4.69) is 17.3 Å². The summed E-state index contributed by atoms with van der Waals surface area (Å²) in [6.45, 7) is 13.4. The molecule has 2 aromatic rings. The molecule has 1 aliphatic heterocycles. The minimum Gasteiger partial charge on any atom is -0.465 e. The zero-order valence-corrected chi connectivity index (χ0v) is 19.4. The van der Waals surface area contributed by atoms with E-state index >= 15 is 0 Å². The molecule has 0 saturated carbocycles. The molecule has 0 amide bonds. The van der Waals surface area contributed by atoms with Crippen molar-refractivity contribution in [2.75, 3.05) is 33.2 Å². The molecule has 1 fully saturated rings. The highest BCUT2D eigenvalue weighted by Crippen LogP contribution is 2.24. The van der Waals surface area contributed by atoms with E-state index in [0.717, 1.165) is 19.4 Å². The van der Waals surface area contributed by atoms with E-state index in [-0.39, 0.29) is 22.5 Å². The van der Waals surface area contributed by atoms with E-state index in [1.54, 1.807) is 38.1 Å². The van der Waals surface area contributed by atoms with Crippen LogP contribution in [0.1, 0.15) is 68.9 Å². The van der Waals surface area contributed by atoms with Crippen molar-refractivity contribution in [3.63, 3.8) is 0 Å². The summed E-state index contributed by atoms with van der Waals surface area (Å²) < 4.78 is 5.31. The van der Waals surface area contributed by atoms with Gasteiger partial charge in [0.05, 0.1) is 11.1 Å². The molecule has 31 heavy (non-hydrogen) atoms. The molecule has 0 bridgehead atoms. The summed E-state index contributed by atoms with van der Waals surface area (Å²) >= 11 is 0. The van der Waals surface area contributed by atoms with Crippen molar-refractivity contribution in [2.45, 2.75) is 34.6 Å². The standard InChI is InChI=1S/C15H12O4.C5H12N2.C2H4O.C2H6/c1-9-13(8-17)14(10(2)19-9)15(18)12-6-4-3-5-11(12)7-16;1-7-4-2-6-3-5-7;1-2-3;1-2/h3-8H,1-2H3;6H,2-5H2,1H3;2H,1H3;1-2H3. The zero-order chi connectivity index (χ0) is 23.8. The second-order valence-electron chi connectivity index (χ2n) is 6.44. The second kappa shape index (κ2) is 15.9. The van der Waals surface area contributed by atoms with Gasteiger partial charge in [-0.2, -0.15) is 0 Å². The lowest BCUT2D eigenvalue weighted by Crippen LogP contribution is -2.40. The molecule has 1 aromatic heterocycles. The van der Waals surface area contributed by atoms with Crippen LogP contribution in [-0.2, 0) is 4.79 Å². The molecule has 3 rings (SSSR count). The Morgan fingerprint density at radius 3 is 2.00 bits per heavy atom. The van der Waals surface area contributed by atoms with E-state index in [0.29, 0.717) is 29.7 Å². The number of benzene rings is 1. The number of carbonyl (C=O) groups is 4. The number of hydrogen-bond acceptors (Lipinski definition) is 7. The molecule has 0 radical (unpaired) electrons. The monoisotopic (exact) mass is 430 g/mol. The molecule has 7 nitrogen and oxygen atoms in total. The van der Waals surface area contributed by atoms with Crippen LogP contribution in [0.25, 0.3) is 0 Å². The predicted molar refractivity (Wildman–Crippen MR) is 122 cm³/mol. The lowest BCUT2D eigenvalue weighted by molar-refractivity contribution is -0.106. The highest BCUT2D eigenvalue weighted by molar-refractivity contribution is 6.16. The first kappa shape index (κ1) is 28.1. The minimum absolute atomic E-state index is 0.224. The Morgan fingerprint density at radius 1 is 1.00 bits per heavy atom. The molecule has 1 N–H and O–H groups in total. The summed E-state index contributed by atoms with van der Waals surface area (Å²) in [7, 11) is 2.15. The quantitative estimate of drug-likeness (QED) is 0.586. The number of nitrogens with one attached hydrogen (secondary N) is 1. The van der Waals surface area contributed by atoms with Gasteiger partial charge in [-0.3, -0.25) is 14.4 Å². The summed E-state index contributed by atoms with van der Waals surface area (Å²) in [6.07, 6.45) is 1.97. The number of rotatable bonds is 4. The van der Waals surface area contributed by atoms with Crippen LogP contribution < -0.4 is 5.32 Å². The Bertz CT molecular complexity index is 836. The number of aldehydes is 3. The molecule has 1 aliphatic rings. The van der Waals surface area contributed by atoms with Crippen molar-refractivity contribution in [3.05, 3.63) is 58.0 Å². The van der Waals surface area contributed by atoms with Crippen LogP contribution >= 0.6 is 0 Å². The maximum Gasteiger partial charge on any atom is 0.197 e. The number of aryl methyl sites for hydroxylation is 2. The highest BCUT2D eigenvalue weighted by Gasteiger charge is 2.23. The van der Waals surface area contributed by atoms with Crippen molar-refractivity contribution in [1.29, 1.82) is 0 Å². The second-order valence-corrected chi connectivity index (χ2v) is 6.44. The average Bonchev–Trinajstić information content (AvgIpc) is 3.08. The topological polar surface area (TPSA) is 96.7 Å². The number of likely N-dealkylation sites (N-methyl/N-ethyl adjacent to an activating group) is 1. The third kappa shape index (κ3) is 8.78. The highest BCUT2D eigenvalue weighted by atomic mass is 16.3. The van der Waals surface area contributed by atoms with Gasteiger partial charge in [0.2, 0.25) is 0 Å². The summed E-state index contributed by atoms with van der Waals surface area (Å²) in [4.78, 5) is 45.6. The van der Waals surface area contributed by atoms with Gasteiger partial charge >= 0.3 is 0 Å². The fraction of sp³-hybridized carbons (Fsp3) is 0.417. The van der Waals surface area contributed by atoms with Gasteiger partial charge in [0, 0.05) is 37.3 Å². The van der Waals surface area contributed by atoms with Crippen LogP contribution in [-0.4, -0.2) is 62.8 Å². The third-order valence-corrected chi connectivity index (χ3v) is 4.32. The Balaban J connectivity index is 0.000000619. The van der Waals surface area contributed by atoms with Crippen LogP contribution in [0, 0.1) is 13.8 Å². The molecule has 0 atom stereocenters. The lowest BCUT2D eigenvalue weighted by Gasteiger charge is -2.21. The number of carbonyl (C=O) groups excluding carboxylic acids is 4. The Hall–Kier alpha value is -2.90. The van der Waals surface area contributed by atoms with Gasteiger partial charge < -0.3 is 19.4 Å². The van der Waals surface area contributed by atoms with Gasteiger partial charge in [0.15, 0.2) is 18.4 Å². The fourth-order valence-corrected chi connectivity index (χ4v) is 2.84. The van der Waals surface area contributed by atoms with Crippen molar-refractivity contribution in [2.24, 2.45) is 0 Å². The third-order valence-electron chi connectivity index (χ3n) is 4.32. The Labute approximate surface area is 184 Å². The molecular formula is C24H34N2O5. The van der Waals surface area contributed by atoms with E-state index in [9.17, 15) is 14.4 Å². The van der Waals surface area contributed by atoms with Crippen LogP contribution in [0.2, 0.25) is 0 Å². The van der Waals surface area contributed by atoms with Gasteiger partial charge in [-0.1, -0.05) is 38.1 Å². The lowest BCUT2D eigenvalue weighted by atomic mass is 9.96. The van der Waals surface area contributed by atoms with Crippen molar-refractivity contribution in [3.8, 4) is 0 Å². The smallest absolute Gasteiger partial charge is 0.197 e. The van der Waals surface area contributed by atoms with Gasteiger partial charge in [-0.25, -0.2) is 0 Å². The number of hydrogen-bond donors (Lipinski definition) is 1. The molecule has 170 valence electrons. The molecule has 1 aromatic carbocycles. The summed E-state index contributed by atoms with van der Waals surface area (Å²) in [5.74, 6) is 0.406. The van der Waals surface area contributed by atoms with Gasteiger partial charge in [0.25, 0.3) is 0 Å². The normalized spacial score (nSPS) is 12.6. The Kier molecular flexibility index (Phi) is 14.4. The SMILES string of the molecule is CC.CC=O.CN1CCNCC1.Cc1oc(C)c(C(=O)c2ccccc2C=O)c1C=O. The first-order chi connectivity index (χ1) is 14.9. The van der Waals surface area contributed by atoms with Gasteiger partial charge in [0.1, 0.15) is 17.8 Å². The molecule has 2 heterocycles. The largest absolute Gasteiger partial charge is 0.465 e. The predicted octanol–water partition coefficient (Wildman–Crippen LogP) is 3.51. The first-order valence-electron chi connectivity index (χ1n) is 10.3. The molecule has 0 spiro atoms. The average molecular weight is 431 g/mol. The Morgan fingerprint density at radius 2 is 1.55 bits per heavy atom. The van der Waals surface area contributed by atoms with Crippen LogP contribution in [0.5, 0.6) is 0 Å². The van der Waals surface area contributed by atoms with Crippen molar-refractivity contribution < 1.29 is 23.6 Å². The number of piperazine rings is 1. The van der Waals surface area contributed by atoms with E-state index < -0.39 is 0 Å². The van der Waals surface area contributed by atoms with E-state index in [1.165, 1.54) is 20.0 Å². The summed E-state index contributed by atoms with van der Waals surface area (Å²) in [6, 6.07) is 6.46. The number of nitrogens with zero attached hydrogens (tertiary/aromatic N) is 1. The first-order valence-corrected chi connectivity index (χ1v) is 10.3. The number of ketones is 1. The van der Waals surface area contributed by atoms with E-state index in [1.807, 2.05) is 13.8 Å². The fourth-order valence-electron chi connectivity index (χ4n) is 2.84. The van der Waals surface area contributed by atoms with Crippen LogP contribution in [0.15, 0.2) is 28.7 Å². The molecule has 1 saturated heterocycles. The van der Waals surface area contributed by atoms with Gasteiger partial charge in [-0.05, 0) is 27.8 Å². The van der Waals surface area contributed by atoms with Crippen molar-refractivity contribution >= 4 is 24.6 Å². The summed E-state index contributed by atoms with van der Waals surface area (Å²) in [5.41, 5.74) is 1.03. The zero-order valence-electron chi connectivity index (χ0n) is 19.4. The van der Waals surface area contributed by atoms with Gasteiger partial charge in [-0.15, -0.1) is 0 Å². The van der Waals surface area contributed by atoms with E-state index in [4.69, 9.17) is 9.21 Å². The number of furan rings is 1. The molecular weight excluding hydrogens is 396 g/mol. The van der Waals surface area contributed by atoms with Crippen LogP contribution in [0.3, 0.4) is 0 Å². The van der Waals surface area contributed by atoms with Crippen LogP contribution in [0.4, 0.5) is 0 Å². The molecule has 0 aliphatic carbocycles. The summed E-state index contributed by atoms with van der Waals surface area (Å²) in [5, 5.41) is 3.27. The minimum atomic E-state index is -0.376. The maximum absolute atomic E-state index is 12.5.